The summed E-state index contributed by atoms with van der Waals surface area (Å²) in [4.78, 5) is -1.12. The van der Waals surface area contributed by atoms with Crippen LogP contribution < -0.4 is 5.32 Å². The predicted molar refractivity (Wildman–Crippen MR) is 67.4 cm³/mol. The summed E-state index contributed by atoms with van der Waals surface area (Å²) in [6, 6.07) is 6.78. The third-order valence-electron chi connectivity index (χ3n) is 2.27. The lowest BCUT2D eigenvalue weighted by Crippen LogP contribution is -2.28. The van der Waals surface area contributed by atoms with Crippen LogP contribution in [0.5, 0.6) is 0 Å². The largest absolute Gasteiger partial charge is 0.441 e. The van der Waals surface area contributed by atoms with Crippen molar-refractivity contribution >= 4 is 22.9 Å². The molecular formula is C12H14F3NS. The molecule has 0 saturated carbocycles. The van der Waals surface area contributed by atoms with Crippen molar-refractivity contribution in [2.45, 2.75) is 32.4 Å². The smallest absolute Gasteiger partial charge is 0.343 e. The summed E-state index contributed by atoms with van der Waals surface area (Å²) < 4.78 is 36.6. The molecule has 0 amide bonds. The first kappa shape index (κ1) is 14.0. The van der Waals surface area contributed by atoms with Crippen molar-refractivity contribution in [3.05, 3.63) is 29.8 Å². The zero-order valence-corrected chi connectivity index (χ0v) is 10.7. The molecular weight excluding hydrogens is 247 g/mol. The second kappa shape index (κ2) is 4.64. The van der Waals surface area contributed by atoms with E-state index in [4.69, 9.17) is 0 Å². The van der Waals surface area contributed by atoms with E-state index in [1.54, 1.807) is 24.3 Å². The molecule has 0 aliphatic heterocycles. The second-order valence-corrected chi connectivity index (χ2v) is 5.19. The fraction of sp³-hybridized carbons (Fsp3) is 0.417. The topological polar surface area (TPSA) is 12.0 Å². The van der Waals surface area contributed by atoms with Crippen LogP contribution in [0.15, 0.2) is 24.3 Å². The van der Waals surface area contributed by atoms with Gasteiger partial charge < -0.3 is 5.32 Å². The molecule has 1 rings (SSSR count). The molecule has 0 bridgehead atoms. The lowest BCUT2D eigenvalue weighted by atomic mass is 9.87. The maximum atomic E-state index is 12.2. The summed E-state index contributed by atoms with van der Waals surface area (Å²) in [6.07, 6.45) is -4.49. The number of hydrogen-bond donors (Lipinski definition) is 1. The maximum Gasteiger partial charge on any atom is 0.441 e. The molecule has 1 aromatic carbocycles. The van der Waals surface area contributed by atoms with Crippen molar-refractivity contribution in [2.24, 2.45) is 0 Å². The summed E-state index contributed by atoms with van der Waals surface area (Å²) in [5, 5.41) is 2.17. The Bertz CT molecular complexity index is 401. The fourth-order valence-electron chi connectivity index (χ4n) is 1.26. The first-order chi connectivity index (χ1) is 7.60. The van der Waals surface area contributed by atoms with Gasteiger partial charge in [-0.05, 0) is 23.1 Å². The van der Waals surface area contributed by atoms with Gasteiger partial charge in [-0.2, -0.15) is 13.2 Å². The van der Waals surface area contributed by atoms with Gasteiger partial charge in [0.25, 0.3) is 0 Å². The highest BCUT2D eigenvalue weighted by molar-refractivity contribution is 7.80. The van der Waals surface area contributed by atoms with Crippen LogP contribution in [0.25, 0.3) is 0 Å². The lowest BCUT2D eigenvalue weighted by molar-refractivity contribution is -0.0562. The van der Waals surface area contributed by atoms with Gasteiger partial charge in [-0.15, -0.1) is 0 Å². The summed E-state index contributed by atoms with van der Waals surface area (Å²) in [5.74, 6) is 0. The summed E-state index contributed by atoms with van der Waals surface area (Å²) >= 11 is 4.24. The van der Waals surface area contributed by atoms with E-state index in [1.807, 2.05) is 20.8 Å². The van der Waals surface area contributed by atoms with Crippen molar-refractivity contribution in [1.82, 2.24) is 0 Å². The minimum Gasteiger partial charge on any atom is -0.343 e. The molecule has 0 atom stereocenters. The molecule has 5 heteroatoms. The van der Waals surface area contributed by atoms with Crippen molar-refractivity contribution in [3.8, 4) is 0 Å². The molecule has 0 heterocycles. The van der Waals surface area contributed by atoms with E-state index in [1.165, 1.54) is 0 Å². The summed E-state index contributed by atoms with van der Waals surface area (Å²) in [7, 11) is 0. The molecule has 0 aliphatic carbocycles. The molecule has 0 radical (unpaired) electrons. The quantitative estimate of drug-likeness (QED) is 0.757. The monoisotopic (exact) mass is 261 g/mol. The number of halogens is 3. The number of thiocarbonyl (C=S) groups is 1. The van der Waals surface area contributed by atoms with Gasteiger partial charge in [-0.1, -0.05) is 45.1 Å². The van der Waals surface area contributed by atoms with E-state index >= 15 is 0 Å². The first-order valence-electron chi connectivity index (χ1n) is 5.09. The molecule has 1 aromatic rings. The van der Waals surface area contributed by atoms with Crippen molar-refractivity contribution in [2.75, 3.05) is 5.32 Å². The third kappa shape index (κ3) is 4.00. The van der Waals surface area contributed by atoms with Crippen LogP contribution in [0.2, 0.25) is 0 Å². The van der Waals surface area contributed by atoms with Gasteiger partial charge >= 0.3 is 6.18 Å². The Morgan fingerprint density at radius 3 is 1.88 bits per heavy atom. The molecule has 0 aromatic heterocycles. The minimum absolute atomic E-state index is 0.0247. The molecule has 17 heavy (non-hydrogen) atoms. The number of benzene rings is 1. The van der Waals surface area contributed by atoms with E-state index in [0.717, 1.165) is 5.56 Å². The number of alkyl halides is 3. The van der Waals surface area contributed by atoms with Gasteiger partial charge in [0.05, 0.1) is 0 Å². The number of hydrogen-bond acceptors (Lipinski definition) is 1. The molecule has 1 N–H and O–H groups in total. The van der Waals surface area contributed by atoms with Gasteiger partial charge in [0.2, 0.25) is 0 Å². The minimum atomic E-state index is -4.49. The molecule has 0 aliphatic rings. The molecule has 0 fully saturated rings. The van der Waals surface area contributed by atoms with Crippen molar-refractivity contribution in [3.63, 3.8) is 0 Å². The zero-order valence-electron chi connectivity index (χ0n) is 9.85. The molecule has 94 valence electrons. The first-order valence-corrected chi connectivity index (χ1v) is 5.50. The average Bonchev–Trinajstić information content (AvgIpc) is 2.15. The molecule has 0 unspecified atom stereocenters. The number of nitrogens with one attached hydrogen (secondary N) is 1. The van der Waals surface area contributed by atoms with Crippen LogP contribution >= 0.6 is 12.2 Å². The Hall–Kier alpha value is -1.10. The van der Waals surface area contributed by atoms with Gasteiger partial charge in [0.15, 0.2) is 4.99 Å². The van der Waals surface area contributed by atoms with Crippen LogP contribution in [0.3, 0.4) is 0 Å². The fourth-order valence-corrected chi connectivity index (χ4v) is 1.37. The second-order valence-electron chi connectivity index (χ2n) is 4.78. The Balaban J connectivity index is 2.80. The van der Waals surface area contributed by atoms with E-state index in [0.29, 0.717) is 5.69 Å². The predicted octanol–water partition coefficient (Wildman–Crippen LogP) is 4.29. The Kier molecular flexibility index (Phi) is 3.81. The summed E-state index contributed by atoms with van der Waals surface area (Å²) in [5.41, 5.74) is 1.38. The molecule has 0 saturated heterocycles. The molecule has 1 nitrogen and oxygen atoms in total. The lowest BCUT2D eigenvalue weighted by Gasteiger charge is -2.19. The highest BCUT2D eigenvalue weighted by Gasteiger charge is 2.34. The average molecular weight is 261 g/mol. The van der Waals surface area contributed by atoms with Gasteiger partial charge in [-0.25, -0.2) is 0 Å². The Morgan fingerprint density at radius 1 is 1.06 bits per heavy atom. The molecule has 0 spiro atoms. The van der Waals surface area contributed by atoms with Gasteiger partial charge in [-0.3, -0.25) is 0 Å². The Labute approximate surface area is 104 Å². The SMILES string of the molecule is CC(C)(C)c1ccc(NC(=S)C(F)(F)F)cc1. The standard InChI is InChI=1S/C12H14F3NS/c1-11(2,3)8-4-6-9(7-5-8)16-10(17)12(13,14)15/h4-7H,1-3H3,(H,16,17). The Morgan fingerprint density at radius 2 is 1.53 bits per heavy atom. The van der Waals surface area contributed by atoms with Gasteiger partial charge in [0.1, 0.15) is 0 Å². The van der Waals surface area contributed by atoms with E-state index in [-0.39, 0.29) is 5.41 Å². The van der Waals surface area contributed by atoms with Crippen LogP contribution in [0.4, 0.5) is 18.9 Å². The number of anilines is 1. The van der Waals surface area contributed by atoms with E-state index in [2.05, 4.69) is 17.5 Å². The van der Waals surface area contributed by atoms with Crippen LogP contribution in [-0.4, -0.2) is 11.2 Å². The van der Waals surface area contributed by atoms with E-state index < -0.39 is 11.2 Å². The number of rotatable bonds is 1. The van der Waals surface area contributed by atoms with Crippen LogP contribution in [0, 0.1) is 0 Å². The van der Waals surface area contributed by atoms with Crippen LogP contribution in [0.1, 0.15) is 26.3 Å². The van der Waals surface area contributed by atoms with Crippen molar-refractivity contribution < 1.29 is 13.2 Å². The normalized spacial score (nSPS) is 12.4. The maximum absolute atomic E-state index is 12.2. The highest BCUT2D eigenvalue weighted by Crippen LogP contribution is 2.24. The third-order valence-corrected chi connectivity index (χ3v) is 2.60. The van der Waals surface area contributed by atoms with E-state index in [9.17, 15) is 13.2 Å². The van der Waals surface area contributed by atoms with Crippen LogP contribution in [-0.2, 0) is 5.41 Å². The van der Waals surface area contributed by atoms with Gasteiger partial charge in [0, 0.05) is 5.69 Å². The van der Waals surface area contributed by atoms with Crippen molar-refractivity contribution in [1.29, 1.82) is 0 Å². The summed E-state index contributed by atoms with van der Waals surface area (Å²) in [6.45, 7) is 6.11. The zero-order chi connectivity index (χ0) is 13.3. The highest BCUT2D eigenvalue weighted by atomic mass is 32.1.